The Balaban J connectivity index is 2.18. The fourth-order valence-electron chi connectivity index (χ4n) is 2.24. The molecular weight excluding hydrogens is 341 g/mol. The number of rotatable bonds is 3. The normalized spacial score (nSPS) is 14.7. The number of carbonyl (C=O) groups is 1. The third-order valence-electron chi connectivity index (χ3n) is 3.20. The third-order valence-corrected chi connectivity index (χ3v) is 4.14. The Kier molecular flexibility index (Phi) is 2.89. The Morgan fingerprint density at radius 3 is 2.56 bits per heavy atom. The fraction of sp³-hybridized carbons (Fsp3) is 0.214. The van der Waals surface area contributed by atoms with Crippen LogP contribution in [0.2, 0.25) is 0 Å². The summed E-state index contributed by atoms with van der Waals surface area (Å²) in [7, 11) is 0. The molecule has 1 aromatic heterocycles. The van der Waals surface area contributed by atoms with Crippen molar-refractivity contribution in [1.29, 1.82) is 0 Å². The summed E-state index contributed by atoms with van der Waals surface area (Å²) >= 11 is 2.29. The van der Waals surface area contributed by atoms with E-state index in [9.17, 15) is 9.90 Å². The summed E-state index contributed by atoms with van der Waals surface area (Å²) in [5, 5.41) is 9.25. The van der Waals surface area contributed by atoms with E-state index in [0.717, 1.165) is 27.7 Å². The van der Waals surface area contributed by atoms with Gasteiger partial charge in [-0.3, -0.25) is 0 Å². The van der Waals surface area contributed by atoms with E-state index in [-0.39, 0.29) is 0 Å². The SMILES string of the molecule is O=C(O)c1ccc(-c2ccccc2I)n1C1CC1. The minimum absolute atomic E-state index is 0.358. The smallest absolute Gasteiger partial charge is 0.352 e. The van der Waals surface area contributed by atoms with Crippen LogP contribution in [0.3, 0.4) is 0 Å². The standard InChI is InChI=1S/C14H12INO2/c15-11-4-2-1-3-10(11)12-7-8-13(14(17)18)16(12)9-5-6-9/h1-4,7-9H,5-6H2,(H,17,18). The predicted octanol–water partition coefficient (Wildman–Crippen LogP) is 3.79. The molecule has 2 aromatic rings. The van der Waals surface area contributed by atoms with Crippen LogP contribution in [-0.4, -0.2) is 15.6 Å². The molecule has 1 aromatic carbocycles. The molecule has 0 saturated heterocycles. The summed E-state index contributed by atoms with van der Waals surface area (Å²) < 4.78 is 3.12. The minimum Gasteiger partial charge on any atom is -0.477 e. The van der Waals surface area contributed by atoms with Crippen LogP contribution in [0.25, 0.3) is 11.3 Å². The van der Waals surface area contributed by atoms with Gasteiger partial charge < -0.3 is 9.67 Å². The molecule has 0 spiro atoms. The van der Waals surface area contributed by atoms with E-state index >= 15 is 0 Å². The van der Waals surface area contributed by atoms with Gasteiger partial charge in [0.2, 0.25) is 0 Å². The van der Waals surface area contributed by atoms with Gasteiger partial charge in [-0.1, -0.05) is 18.2 Å². The lowest BCUT2D eigenvalue weighted by atomic mass is 10.1. The van der Waals surface area contributed by atoms with E-state index in [1.54, 1.807) is 6.07 Å². The molecule has 0 amide bonds. The first-order valence-electron chi connectivity index (χ1n) is 5.88. The highest BCUT2D eigenvalue weighted by atomic mass is 127. The van der Waals surface area contributed by atoms with Crippen molar-refractivity contribution >= 4 is 28.6 Å². The summed E-state index contributed by atoms with van der Waals surface area (Å²) in [4.78, 5) is 11.3. The topological polar surface area (TPSA) is 42.2 Å². The number of carboxylic acid groups (broad SMARTS) is 1. The second-order valence-electron chi connectivity index (χ2n) is 4.49. The second kappa shape index (κ2) is 4.42. The summed E-state index contributed by atoms with van der Waals surface area (Å²) in [6, 6.07) is 12.0. The van der Waals surface area contributed by atoms with Crippen molar-refractivity contribution in [3.05, 3.63) is 45.7 Å². The van der Waals surface area contributed by atoms with E-state index < -0.39 is 5.97 Å². The van der Waals surface area contributed by atoms with Crippen LogP contribution in [0.15, 0.2) is 36.4 Å². The molecule has 1 N–H and O–H groups in total. The highest BCUT2D eigenvalue weighted by Gasteiger charge is 2.30. The molecule has 18 heavy (non-hydrogen) atoms. The number of hydrogen-bond donors (Lipinski definition) is 1. The van der Waals surface area contributed by atoms with E-state index in [1.807, 2.05) is 34.9 Å². The third kappa shape index (κ3) is 1.94. The van der Waals surface area contributed by atoms with Crippen molar-refractivity contribution in [3.63, 3.8) is 0 Å². The number of carboxylic acids is 1. The van der Waals surface area contributed by atoms with Crippen LogP contribution in [0, 0.1) is 3.57 Å². The average molecular weight is 353 g/mol. The molecule has 1 saturated carbocycles. The Hall–Kier alpha value is -1.30. The first-order valence-corrected chi connectivity index (χ1v) is 6.96. The van der Waals surface area contributed by atoms with Gasteiger partial charge in [0.05, 0.1) is 0 Å². The molecule has 0 bridgehead atoms. The maximum Gasteiger partial charge on any atom is 0.352 e. The molecule has 0 unspecified atom stereocenters. The van der Waals surface area contributed by atoms with Gasteiger partial charge in [-0.15, -0.1) is 0 Å². The van der Waals surface area contributed by atoms with E-state index in [4.69, 9.17) is 0 Å². The number of benzene rings is 1. The van der Waals surface area contributed by atoms with Crippen LogP contribution in [0.5, 0.6) is 0 Å². The fourth-order valence-corrected chi connectivity index (χ4v) is 2.90. The van der Waals surface area contributed by atoms with Gasteiger partial charge in [-0.25, -0.2) is 4.79 Å². The highest BCUT2D eigenvalue weighted by Crippen LogP contribution is 2.41. The van der Waals surface area contributed by atoms with Crippen LogP contribution in [0.4, 0.5) is 0 Å². The molecule has 0 aliphatic heterocycles. The maximum absolute atomic E-state index is 11.3. The number of aromatic carboxylic acids is 1. The molecule has 4 heteroatoms. The largest absolute Gasteiger partial charge is 0.477 e. The van der Waals surface area contributed by atoms with Gasteiger partial charge in [0.1, 0.15) is 5.69 Å². The van der Waals surface area contributed by atoms with Gasteiger partial charge in [0.25, 0.3) is 0 Å². The highest BCUT2D eigenvalue weighted by molar-refractivity contribution is 14.1. The lowest BCUT2D eigenvalue weighted by molar-refractivity contribution is 0.0685. The predicted molar refractivity (Wildman–Crippen MR) is 77.8 cm³/mol. The average Bonchev–Trinajstić information content (AvgIpc) is 3.09. The van der Waals surface area contributed by atoms with Crippen molar-refractivity contribution < 1.29 is 9.90 Å². The summed E-state index contributed by atoms with van der Waals surface area (Å²) in [6.07, 6.45) is 2.15. The van der Waals surface area contributed by atoms with Crippen LogP contribution in [0.1, 0.15) is 29.4 Å². The molecule has 1 heterocycles. The van der Waals surface area contributed by atoms with Crippen molar-refractivity contribution in [2.75, 3.05) is 0 Å². The quantitative estimate of drug-likeness (QED) is 0.853. The zero-order valence-corrected chi connectivity index (χ0v) is 11.8. The Bertz CT molecular complexity index is 614. The second-order valence-corrected chi connectivity index (χ2v) is 5.65. The molecule has 1 aliphatic rings. The Labute approximate surface area is 119 Å². The minimum atomic E-state index is -0.848. The molecule has 3 rings (SSSR count). The van der Waals surface area contributed by atoms with Crippen molar-refractivity contribution in [2.45, 2.75) is 18.9 Å². The number of aromatic nitrogens is 1. The van der Waals surface area contributed by atoms with Crippen LogP contribution < -0.4 is 0 Å². The summed E-state index contributed by atoms with van der Waals surface area (Å²) in [5.74, 6) is -0.848. The van der Waals surface area contributed by atoms with E-state index in [1.165, 1.54) is 0 Å². The number of halogens is 1. The van der Waals surface area contributed by atoms with Crippen molar-refractivity contribution in [2.24, 2.45) is 0 Å². The van der Waals surface area contributed by atoms with E-state index in [0.29, 0.717) is 11.7 Å². The van der Waals surface area contributed by atoms with Crippen molar-refractivity contribution in [1.82, 2.24) is 4.57 Å². The maximum atomic E-state index is 11.3. The van der Waals surface area contributed by atoms with Gasteiger partial charge >= 0.3 is 5.97 Å². The zero-order valence-electron chi connectivity index (χ0n) is 9.64. The van der Waals surface area contributed by atoms with Gasteiger partial charge in [-0.05, 0) is 53.6 Å². The van der Waals surface area contributed by atoms with Crippen molar-refractivity contribution in [3.8, 4) is 11.3 Å². The summed E-state index contributed by atoms with van der Waals surface area (Å²) in [5.41, 5.74) is 2.52. The van der Waals surface area contributed by atoms with Crippen LogP contribution >= 0.6 is 22.6 Å². The number of hydrogen-bond acceptors (Lipinski definition) is 1. The molecule has 92 valence electrons. The lowest BCUT2D eigenvalue weighted by Gasteiger charge is -2.11. The first-order chi connectivity index (χ1) is 8.68. The van der Waals surface area contributed by atoms with Gasteiger partial charge in [-0.2, -0.15) is 0 Å². The zero-order chi connectivity index (χ0) is 12.7. The van der Waals surface area contributed by atoms with E-state index in [2.05, 4.69) is 22.6 Å². The molecule has 1 aliphatic carbocycles. The summed E-state index contributed by atoms with van der Waals surface area (Å²) in [6.45, 7) is 0. The molecule has 0 atom stereocenters. The molecule has 3 nitrogen and oxygen atoms in total. The van der Waals surface area contributed by atoms with Gasteiger partial charge in [0, 0.05) is 20.9 Å². The molecule has 0 radical (unpaired) electrons. The molecule has 1 fully saturated rings. The molecular formula is C14H12INO2. The van der Waals surface area contributed by atoms with Gasteiger partial charge in [0.15, 0.2) is 0 Å². The monoisotopic (exact) mass is 353 g/mol. The van der Waals surface area contributed by atoms with Crippen LogP contribution in [-0.2, 0) is 0 Å². The first kappa shape index (κ1) is 11.8. The Morgan fingerprint density at radius 2 is 1.94 bits per heavy atom. The Morgan fingerprint density at radius 1 is 1.22 bits per heavy atom. The lowest BCUT2D eigenvalue weighted by Crippen LogP contribution is -2.08. The number of nitrogens with zero attached hydrogens (tertiary/aromatic N) is 1.